The lowest BCUT2D eigenvalue weighted by Gasteiger charge is -2.10. The Hall–Kier alpha value is -0.733. The highest BCUT2D eigenvalue weighted by atomic mass is 79.9. The van der Waals surface area contributed by atoms with E-state index >= 15 is 0 Å². The molecule has 0 heterocycles. The Morgan fingerprint density at radius 3 is 2.24 bits per heavy atom. The predicted octanol–water partition coefficient (Wildman–Crippen LogP) is 4.70. The molecule has 0 bridgehead atoms. The molecule has 0 aliphatic heterocycles. The van der Waals surface area contributed by atoms with Gasteiger partial charge in [0.05, 0.1) is 5.56 Å². The molecule has 17 heavy (non-hydrogen) atoms. The van der Waals surface area contributed by atoms with Gasteiger partial charge in [0.15, 0.2) is 0 Å². The first-order valence-electron chi connectivity index (χ1n) is 4.99. The van der Waals surface area contributed by atoms with E-state index in [-0.39, 0.29) is 5.56 Å². The fraction of sp³-hybridized carbons (Fsp3) is 0.333. The van der Waals surface area contributed by atoms with Crippen molar-refractivity contribution in [3.63, 3.8) is 0 Å². The van der Waals surface area contributed by atoms with Gasteiger partial charge in [0.2, 0.25) is 0 Å². The first-order chi connectivity index (χ1) is 7.59. The van der Waals surface area contributed by atoms with Crippen LogP contribution >= 0.6 is 15.9 Å². The minimum absolute atomic E-state index is 0.0364. The smallest absolute Gasteiger partial charge is 0.166 e. The summed E-state index contributed by atoms with van der Waals surface area (Å²) in [5.41, 5.74) is 2.31. The molecule has 5 heteroatoms. The maximum Gasteiger partial charge on any atom is 0.417 e. The van der Waals surface area contributed by atoms with Crippen molar-refractivity contribution in [2.45, 2.75) is 25.8 Å². The lowest BCUT2D eigenvalue weighted by atomic mass is 10.1. The summed E-state index contributed by atoms with van der Waals surface area (Å²) in [6, 6.07) is 3.84. The second-order valence-corrected chi connectivity index (χ2v) is 10.4. The first kappa shape index (κ1) is 14.3. The third-order valence-corrected chi connectivity index (χ3v) is 3.23. The molecule has 0 aliphatic rings. The van der Waals surface area contributed by atoms with Crippen molar-refractivity contribution in [2.24, 2.45) is 0 Å². The molecular formula is C12H12BrF3Si. The Morgan fingerprint density at radius 1 is 1.18 bits per heavy atom. The van der Waals surface area contributed by atoms with Crippen LogP contribution in [0.25, 0.3) is 0 Å². The van der Waals surface area contributed by atoms with Gasteiger partial charge < -0.3 is 0 Å². The summed E-state index contributed by atoms with van der Waals surface area (Å²) in [6.07, 6.45) is -4.36. The first-order valence-corrected chi connectivity index (χ1v) is 9.29. The summed E-state index contributed by atoms with van der Waals surface area (Å²) >= 11 is 3.16. The van der Waals surface area contributed by atoms with Crippen LogP contribution in [0.1, 0.15) is 11.1 Å². The number of benzene rings is 1. The molecule has 0 aliphatic carbocycles. The predicted molar refractivity (Wildman–Crippen MR) is 69.4 cm³/mol. The van der Waals surface area contributed by atoms with Crippen LogP contribution in [0.3, 0.4) is 0 Å². The second-order valence-electron chi connectivity index (χ2n) is 4.69. The van der Waals surface area contributed by atoms with Gasteiger partial charge in [-0.25, -0.2) is 0 Å². The van der Waals surface area contributed by atoms with Crippen molar-refractivity contribution < 1.29 is 13.2 Å². The van der Waals surface area contributed by atoms with Crippen molar-refractivity contribution in [3.05, 3.63) is 33.8 Å². The average Bonchev–Trinajstić information content (AvgIpc) is 2.11. The topological polar surface area (TPSA) is 0 Å². The van der Waals surface area contributed by atoms with Crippen LogP contribution < -0.4 is 0 Å². The molecule has 0 fully saturated rings. The Balaban J connectivity index is 3.30. The van der Waals surface area contributed by atoms with E-state index in [4.69, 9.17) is 0 Å². The number of hydrogen-bond donors (Lipinski definition) is 0. The van der Waals surface area contributed by atoms with Crippen LogP contribution in [0.2, 0.25) is 19.6 Å². The Kier molecular flexibility index (Phi) is 4.10. The molecule has 0 saturated heterocycles. The van der Waals surface area contributed by atoms with Gasteiger partial charge in [-0.15, -0.1) is 5.54 Å². The summed E-state index contributed by atoms with van der Waals surface area (Å²) < 4.78 is 38.8. The van der Waals surface area contributed by atoms with E-state index in [1.165, 1.54) is 12.1 Å². The molecule has 0 N–H and O–H groups in total. The van der Waals surface area contributed by atoms with Crippen molar-refractivity contribution >= 4 is 24.0 Å². The minimum atomic E-state index is -4.36. The number of alkyl halides is 3. The molecule has 0 unspecified atom stereocenters. The fourth-order valence-corrected chi connectivity index (χ4v) is 1.99. The Labute approximate surface area is 108 Å². The van der Waals surface area contributed by atoms with Crippen LogP contribution in [0.15, 0.2) is 22.7 Å². The summed E-state index contributed by atoms with van der Waals surface area (Å²) in [6.45, 7) is 5.97. The zero-order chi connectivity index (χ0) is 13.3. The molecule has 0 radical (unpaired) electrons. The summed E-state index contributed by atoms with van der Waals surface area (Å²) in [7, 11) is -1.68. The Morgan fingerprint density at radius 2 is 1.76 bits per heavy atom. The number of rotatable bonds is 0. The average molecular weight is 321 g/mol. The van der Waals surface area contributed by atoms with Gasteiger partial charge >= 0.3 is 6.18 Å². The van der Waals surface area contributed by atoms with Crippen LogP contribution in [-0.4, -0.2) is 8.07 Å². The standard InChI is InChI=1S/C12H12BrF3Si/c1-17(2,3)7-6-9-8-10(13)4-5-11(9)12(14,15)16/h4-5,8H,1-3H3. The maximum atomic E-state index is 12.7. The van der Waals surface area contributed by atoms with Gasteiger partial charge in [-0.3, -0.25) is 0 Å². The molecule has 92 valence electrons. The molecular weight excluding hydrogens is 309 g/mol. The Bertz CT molecular complexity index is 475. The van der Waals surface area contributed by atoms with Crippen LogP contribution in [0.4, 0.5) is 13.2 Å². The van der Waals surface area contributed by atoms with Crippen LogP contribution in [0.5, 0.6) is 0 Å². The lowest BCUT2D eigenvalue weighted by Crippen LogP contribution is -2.16. The van der Waals surface area contributed by atoms with Crippen LogP contribution in [-0.2, 0) is 6.18 Å². The SMILES string of the molecule is C[Si](C)(C)C#Cc1cc(Br)ccc1C(F)(F)F. The van der Waals surface area contributed by atoms with E-state index in [2.05, 4.69) is 27.4 Å². The molecule has 0 nitrogen and oxygen atoms in total. The van der Waals surface area contributed by atoms with Crippen molar-refractivity contribution in [2.75, 3.05) is 0 Å². The molecule has 0 atom stereocenters. The van der Waals surface area contributed by atoms with Gasteiger partial charge in [0.25, 0.3) is 0 Å². The third-order valence-electron chi connectivity index (χ3n) is 1.86. The summed E-state index contributed by atoms with van der Waals surface area (Å²) in [5.74, 6) is 2.66. The summed E-state index contributed by atoms with van der Waals surface area (Å²) in [4.78, 5) is 0. The van der Waals surface area contributed by atoms with E-state index in [9.17, 15) is 13.2 Å². The van der Waals surface area contributed by atoms with E-state index in [1.54, 1.807) is 0 Å². The highest BCUT2D eigenvalue weighted by molar-refractivity contribution is 9.10. The highest BCUT2D eigenvalue weighted by Crippen LogP contribution is 2.33. The van der Waals surface area contributed by atoms with E-state index in [0.717, 1.165) is 6.07 Å². The van der Waals surface area contributed by atoms with Gasteiger partial charge in [-0.2, -0.15) is 13.2 Å². The maximum absolute atomic E-state index is 12.7. The molecule has 1 rings (SSSR count). The summed E-state index contributed by atoms with van der Waals surface area (Å²) in [5, 5.41) is 0. The molecule has 1 aromatic carbocycles. The van der Waals surface area contributed by atoms with Crippen LogP contribution in [0, 0.1) is 11.5 Å². The molecule has 0 amide bonds. The monoisotopic (exact) mass is 320 g/mol. The zero-order valence-corrected chi connectivity index (χ0v) is 12.3. The third kappa shape index (κ3) is 4.56. The van der Waals surface area contributed by atoms with Gasteiger partial charge in [-0.05, 0) is 18.2 Å². The van der Waals surface area contributed by atoms with E-state index in [1.807, 2.05) is 19.6 Å². The largest absolute Gasteiger partial charge is 0.417 e. The number of halogens is 4. The van der Waals surface area contributed by atoms with Gasteiger partial charge in [-0.1, -0.05) is 41.5 Å². The minimum Gasteiger partial charge on any atom is -0.166 e. The van der Waals surface area contributed by atoms with Gasteiger partial charge in [0.1, 0.15) is 8.07 Å². The quantitative estimate of drug-likeness (QED) is 0.480. The molecule has 1 aromatic rings. The fourth-order valence-electron chi connectivity index (χ4n) is 1.12. The van der Waals surface area contributed by atoms with Gasteiger partial charge in [0, 0.05) is 10.0 Å². The number of hydrogen-bond acceptors (Lipinski definition) is 0. The van der Waals surface area contributed by atoms with Crippen molar-refractivity contribution in [3.8, 4) is 11.5 Å². The van der Waals surface area contributed by atoms with Crippen molar-refractivity contribution in [1.29, 1.82) is 0 Å². The zero-order valence-electron chi connectivity index (χ0n) is 9.74. The van der Waals surface area contributed by atoms with E-state index < -0.39 is 19.8 Å². The molecule has 0 spiro atoms. The normalized spacial score (nSPS) is 11.9. The van der Waals surface area contributed by atoms with E-state index in [0.29, 0.717) is 4.47 Å². The molecule has 0 aromatic heterocycles. The highest BCUT2D eigenvalue weighted by Gasteiger charge is 2.33. The van der Waals surface area contributed by atoms with Crippen molar-refractivity contribution in [1.82, 2.24) is 0 Å². The lowest BCUT2D eigenvalue weighted by molar-refractivity contribution is -0.137. The second kappa shape index (κ2) is 4.87. The molecule has 0 saturated carbocycles.